The zero-order valence-corrected chi connectivity index (χ0v) is 15.2. The van der Waals surface area contributed by atoms with Gasteiger partial charge in [0, 0.05) is 17.2 Å². The zero-order valence-electron chi connectivity index (χ0n) is 15.2. The van der Waals surface area contributed by atoms with Crippen LogP contribution in [0.2, 0.25) is 0 Å². The Labute approximate surface area is 165 Å². The van der Waals surface area contributed by atoms with Crippen molar-refractivity contribution in [1.29, 1.82) is 0 Å². The standard InChI is InChI=1S/C23H16FNO4/c24-17-8-6-15(7-9-17)20(25-27)14-28-18-10-11-22-19(12-18)21(26)13-23(29-22)16-4-2-1-3-5-16/h1-13,27H,14H2/b25-20-. The molecule has 0 amide bonds. The third kappa shape index (κ3) is 4.01. The van der Waals surface area contributed by atoms with E-state index in [0.717, 1.165) is 5.56 Å². The summed E-state index contributed by atoms with van der Waals surface area (Å²) < 4.78 is 24.6. The molecule has 0 radical (unpaired) electrons. The summed E-state index contributed by atoms with van der Waals surface area (Å²) in [5.41, 5.74) is 1.83. The molecule has 3 aromatic carbocycles. The number of ether oxygens (including phenoxy) is 1. The molecule has 5 nitrogen and oxygen atoms in total. The maximum atomic E-state index is 13.1. The molecule has 0 unspecified atom stereocenters. The molecule has 29 heavy (non-hydrogen) atoms. The average Bonchev–Trinajstić information content (AvgIpc) is 2.76. The van der Waals surface area contributed by atoms with Crippen LogP contribution in [-0.2, 0) is 0 Å². The van der Waals surface area contributed by atoms with Crippen LogP contribution in [0.4, 0.5) is 4.39 Å². The van der Waals surface area contributed by atoms with Crippen LogP contribution in [0.15, 0.2) is 93.2 Å². The third-order valence-corrected chi connectivity index (χ3v) is 4.43. The molecule has 1 heterocycles. The molecular weight excluding hydrogens is 373 g/mol. The Balaban J connectivity index is 1.58. The van der Waals surface area contributed by atoms with Gasteiger partial charge >= 0.3 is 0 Å². The molecule has 4 aromatic rings. The quantitative estimate of drug-likeness (QED) is 0.301. The highest BCUT2D eigenvalue weighted by atomic mass is 19.1. The number of hydrogen-bond donors (Lipinski definition) is 1. The van der Waals surface area contributed by atoms with Crippen molar-refractivity contribution in [3.05, 3.63) is 100 Å². The van der Waals surface area contributed by atoms with Crippen molar-refractivity contribution in [1.82, 2.24) is 0 Å². The van der Waals surface area contributed by atoms with Crippen molar-refractivity contribution in [3.63, 3.8) is 0 Å². The van der Waals surface area contributed by atoms with E-state index >= 15 is 0 Å². The first kappa shape index (κ1) is 18.4. The normalized spacial score (nSPS) is 11.6. The Kier molecular flexibility index (Phi) is 5.07. The number of hydrogen-bond acceptors (Lipinski definition) is 5. The Hall–Kier alpha value is -3.93. The average molecular weight is 389 g/mol. The predicted molar refractivity (Wildman–Crippen MR) is 108 cm³/mol. The first-order valence-electron chi connectivity index (χ1n) is 8.87. The monoisotopic (exact) mass is 389 g/mol. The van der Waals surface area contributed by atoms with E-state index in [-0.39, 0.29) is 23.6 Å². The maximum absolute atomic E-state index is 13.1. The summed E-state index contributed by atoms with van der Waals surface area (Å²) in [5, 5.41) is 12.8. The van der Waals surface area contributed by atoms with Crippen molar-refractivity contribution in [2.75, 3.05) is 6.61 Å². The van der Waals surface area contributed by atoms with Crippen molar-refractivity contribution < 1.29 is 18.8 Å². The van der Waals surface area contributed by atoms with Crippen molar-refractivity contribution in [2.24, 2.45) is 5.16 Å². The van der Waals surface area contributed by atoms with E-state index in [4.69, 9.17) is 9.15 Å². The van der Waals surface area contributed by atoms with Gasteiger partial charge in [-0.2, -0.15) is 0 Å². The number of fused-ring (bicyclic) bond motifs is 1. The summed E-state index contributed by atoms with van der Waals surface area (Å²) in [6, 6.07) is 21.2. The smallest absolute Gasteiger partial charge is 0.193 e. The van der Waals surface area contributed by atoms with Crippen molar-refractivity contribution >= 4 is 16.7 Å². The lowest BCUT2D eigenvalue weighted by Gasteiger charge is -2.09. The molecule has 0 saturated heterocycles. The van der Waals surface area contributed by atoms with E-state index in [0.29, 0.717) is 28.0 Å². The first-order chi connectivity index (χ1) is 14.1. The summed E-state index contributed by atoms with van der Waals surface area (Å²) in [6.07, 6.45) is 0. The zero-order chi connectivity index (χ0) is 20.2. The van der Waals surface area contributed by atoms with E-state index < -0.39 is 0 Å². The molecule has 0 spiro atoms. The van der Waals surface area contributed by atoms with Gasteiger partial charge in [-0.3, -0.25) is 4.79 Å². The SMILES string of the molecule is O=c1cc(-c2ccccc2)oc2ccc(OC/C(=N/O)c3ccc(F)cc3)cc12. The van der Waals surface area contributed by atoms with Gasteiger partial charge in [0.25, 0.3) is 0 Å². The number of halogens is 1. The maximum Gasteiger partial charge on any atom is 0.193 e. The molecule has 0 aliphatic rings. The molecule has 0 aliphatic carbocycles. The van der Waals surface area contributed by atoms with Gasteiger partial charge in [0.2, 0.25) is 0 Å². The summed E-state index contributed by atoms with van der Waals surface area (Å²) in [4.78, 5) is 12.6. The Morgan fingerprint density at radius 3 is 2.48 bits per heavy atom. The van der Waals surface area contributed by atoms with Crippen LogP contribution in [0.1, 0.15) is 5.56 Å². The molecule has 1 N–H and O–H groups in total. The lowest BCUT2D eigenvalue weighted by molar-refractivity contribution is 0.308. The number of rotatable bonds is 5. The number of oxime groups is 1. The Morgan fingerprint density at radius 1 is 1.00 bits per heavy atom. The molecule has 0 fully saturated rings. The van der Waals surface area contributed by atoms with Crippen LogP contribution in [0, 0.1) is 5.82 Å². The summed E-state index contributed by atoms with van der Waals surface area (Å²) in [6.45, 7) is -0.0545. The van der Waals surface area contributed by atoms with Gasteiger partial charge in [0.05, 0.1) is 5.39 Å². The van der Waals surface area contributed by atoms with Crippen molar-refractivity contribution in [2.45, 2.75) is 0 Å². The molecule has 0 aliphatic heterocycles. The minimum Gasteiger partial charge on any atom is -0.487 e. The van der Waals surface area contributed by atoms with Gasteiger partial charge in [-0.15, -0.1) is 0 Å². The van der Waals surface area contributed by atoms with Gasteiger partial charge in [-0.25, -0.2) is 4.39 Å². The fourth-order valence-electron chi connectivity index (χ4n) is 2.93. The van der Waals surface area contributed by atoms with Gasteiger partial charge in [0.1, 0.15) is 35.2 Å². The van der Waals surface area contributed by atoms with E-state index in [1.165, 1.54) is 30.3 Å². The second-order valence-corrected chi connectivity index (χ2v) is 6.34. The topological polar surface area (TPSA) is 72.0 Å². The molecule has 6 heteroatoms. The molecule has 144 valence electrons. The molecule has 4 rings (SSSR count). The van der Waals surface area contributed by atoms with E-state index in [1.807, 2.05) is 30.3 Å². The molecule has 0 saturated carbocycles. The number of nitrogens with zero attached hydrogens (tertiary/aromatic N) is 1. The lowest BCUT2D eigenvalue weighted by atomic mass is 10.1. The second-order valence-electron chi connectivity index (χ2n) is 6.34. The van der Waals surface area contributed by atoms with Gasteiger partial charge in [0.15, 0.2) is 5.43 Å². The van der Waals surface area contributed by atoms with Crippen LogP contribution in [-0.4, -0.2) is 17.5 Å². The lowest BCUT2D eigenvalue weighted by Crippen LogP contribution is -2.13. The Bertz CT molecular complexity index is 1230. The van der Waals surface area contributed by atoms with Crippen LogP contribution >= 0.6 is 0 Å². The fourth-order valence-corrected chi connectivity index (χ4v) is 2.93. The van der Waals surface area contributed by atoms with Crippen LogP contribution in [0.5, 0.6) is 5.75 Å². The highest BCUT2D eigenvalue weighted by molar-refractivity contribution is 6.01. The highest BCUT2D eigenvalue weighted by Crippen LogP contribution is 2.24. The minimum atomic E-state index is -0.386. The minimum absolute atomic E-state index is 0.0545. The fraction of sp³-hybridized carbons (Fsp3) is 0.0435. The van der Waals surface area contributed by atoms with Gasteiger partial charge in [-0.05, 0) is 42.5 Å². The molecular formula is C23H16FNO4. The summed E-state index contributed by atoms with van der Waals surface area (Å²) in [7, 11) is 0. The van der Waals surface area contributed by atoms with Crippen LogP contribution < -0.4 is 10.2 Å². The molecule has 0 atom stereocenters. The number of benzene rings is 3. The third-order valence-electron chi connectivity index (χ3n) is 4.43. The summed E-state index contributed by atoms with van der Waals surface area (Å²) in [5.74, 6) is 0.520. The first-order valence-corrected chi connectivity index (χ1v) is 8.87. The van der Waals surface area contributed by atoms with Gasteiger partial charge < -0.3 is 14.4 Å². The van der Waals surface area contributed by atoms with Gasteiger partial charge in [-0.1, -0.05) is 35.5 Å². The van der Waals surface area contributed by atoms with Crippen molar-refractivity contribution in [3.8, 4) is 17.1 Å². The van der Waals surface area contributed by atoms with E-state index in [1.54, 1.807) is 18.2 Å². The van der Waals surface area contributed by atoms with E-state index in [9.17, 15) is 14.4 Å². The Morgan fingerprint density at radius 2 is 1.76 bits per heavy atom. The molecule has 0 bridgehead atoms. The highest BCUT2D eigenvalue weighted by Gasteiger charge is 2.10. The second kappa shape index (κ2) is 7.98. The molecule has 1 aromatic heterocycles. The van der Waals surface area contributed by atoms with Crippen LogP contribution in [0.25, 0.3) is 22.3 Å². The van der Waals surface area contributed by atoms with E-state index in [2.05, 4.69) is 5.16 Å². The van der Waals surface area contributed by atoms with Crippen LogP contribution in [0.3, 0.4) is 0 Å². The predicted octanol–water partition coefficient (Wildman–Crippen LogP) is 4.86. The summed E-state index contributed by atoms with van der Waals surface area (Å²) >= 11 is 0. The largest absolute Gasteiger partial charge is 0.487 e.